The monoisotopic (exact) mass is 246 g/mol. The van der Waals surface area contributed by atoms with Crippen LogP contribution < -0.4 is 11.1 Å². The lowest BCUT2D eigenvalue weighted by molar-refractivity contribution is 0.0963. The highest BCUT2D eigenvalue weighted by Crippen LogP contribution is 2.33. The third kappa shape index (κ3) is 2.17. The summed E-state index contributed by atoms with van der Waals surface area (Å²) >= 11 is 1.43. The van der Waals surface area contributed by atoms with Crippen molar-refractivity contribution >= 4 is 33.0 Å². The number of hydrogen-bond donors (Lipinski definition) is 2. The van der Waals surface area contributed by atoms with E-state index in [0.717, 1.165) is 15.6 Å². The number of aryl methyl sites for hydroxylation is 1. The van der Waals surface area contributed by atoms with Gasteiger partial charge in [-0.15, -0.1) is 17.9 Å². The SMILES string of the molecule is C=CCNC(=O)c1sc2cc(C)ccc2c1N. The molecule has 0 saturated carbocycles. The highest BCUT2D eigenvalue weighted by atomic mass is 32.1. The average Bonchev–Trinajstić information content (AvgIpc) is 2.63. The topological polar surface area (TPSA) is 55.1 Å². The number of benzene rings is 1. The van der Waals surface area contributed by atoms with Crippen LogP contribution in [0.2, 0.25) is 0 Å². The maximum Gasteiger partial charge on any atom is 0.263 e. The fraction of sp³-hybridized carbons (Fsp3) is 0.154. The predicted octanol–water partition coefficient (Wildman–Crippen LogP) is 2.71. The molecule has 1 aromatic heterocycles. The van der Waals surface area contributed by atoms with E-state index in [1.165, 1.54) is 11.3 Å². The third-order valence-electron chi connectivity index (χ3n) is 2.50. The molecule has 1 aromatic carbocycles. The van der Waals surface area contributed by atoms with Crippen LogP contribution in [-0.2, 0) is 0 Å². The summed E-state index contributed by atoms with van der Waals surface area (Å²) < 4.78 is 1.05. The lowest BCUT2D eigenvalue weighted by atomic mass is 10.1. The first-order valence-electron chi connectivity index (χ1n) is 5.31. The van der Waals surface area contributed by atoms with Crippen molar-refractivity contribution in [2.45, 2.75) is 6.92 Å². The number of rotatable bonds is 3. The van der Waals surface area contributed by atoms with Crippen molar-refractivity contribution in [3.63, 3.8) is 0 Å². The molecule has 0 aliphatic heterocycles. The van der Waals surface area contributed by atoms with Crippen molar-refractivity contribution in [2.75, 3.05) is 12.3 Å². The molecule has 2 aromatic rings. The van der Waals surface area contributed by atoms with Crippen LogP contribution in [0.5, 0.6) is 0 Å². The van der Waals surface area contributed by atoms with Gasteiger partial charge in [0.05, 0.1) is 5.69 Å². The van der Waals surface area contributed by atoms with Crippen molar-refractivity contribution in [3.8, 4) is 0 Å². The van der Waals surface area contributed by atoms with Gasteiger partial charge in [-0.3, -0.25) is 4.79 Å². The summed E-state index contributed by atoms with van der Waals surface area (Å²) in [5.41, 5.74) is 7.71. The number of nitrogens with two attached hydrogens (primary N) is 1. The number of thiophene rings is 1. The van der Waals surface area contributed by atoms with Crippen LogP contribution in [0.4, 0.5) is 5.69 Å². The molecule has 0 aliphatic rings. The Kier molecular flexibility index (Phi) is 3.15. The molecule has 2 rings (SSSR count). The fourth-order valence-corrected chi connectivity index (χ4v) is 2.78. The number of fused-ring (bicyclic) bond motifs is 1. The Labute approximate surface area is 104 Å². The summed E-state index contributed by atoms with van der Waals surface area (Å²) in [6.45, 7) is 6.03. The van der Waals surface area contributed by atoms with Crippen LogP contribution in [0.15, 0.2) is 30.9 Å². The Bertz CT molecular complexity index is 586. The number of nitrogen functional groups attached to an aromatic ring is 1. The molecule has 0 unspecified atom stereocenters. The smallest absolute Gasteiger partial charge is 0.263 e. The van der Waals surface area contributed by atoms with E-state index in [4.69, 9.17) is 5.73 Å². The van der Waals surface area contributed by atoms with Crippen LogP contribution in [0.1, 0.15) is 15.2 Å². The van der Waals surface area contributed by atoms with Gasteiger partial charge in [0.2, 0.25) is 0 Å². The first kappa shape index (κ1) is 11.7. The van der Waals surface area contributed by atoms with E-state index >= 15 is 0 Å². The van der Waals surface area contributed by atoms with Gasteiger partial charge < -0.3 is 11.1 Å². The third-order valence-corrected chi connectivity index (χ3v) is 3.66. The molecular weight excluding hydrogens is 232 g/mol. The maximum absolute atomic E-state index is 11.9. The lowest BCUT2D eigenvalue weighted by Crippen LogP contribution is -2.22. The Morgan fingerprint density at radius 1 is 1.59 bits per heavy atom. The first-order chi connectivity index (χ1) is 8.13. The van der Waals surface area contributed by atoms with Gasteiger partial charge in [-0.05, 0) is 18.6 Å². The second kappa shape index (κ2) is 4.59. The van der Waals surface area contributed by atoms with Crippen LogP contribution >= 0.6 is 11.3 Å². The highest BCUT2D eigenvalue weighted by Gasteiger charge is 2.15. The Hall–Kier alpha value is -1.81. The minimum atomic E-state index is -0.138. The molecule has 0 saturated heterocycles. The summed E-state index contributed by atoms with van der Waals surface area (Å²) in [5.74, 6) is -0.138. The second-order valence-electron chi connectivity index (χ2n) is 3.84. The number of carbonyl (C=O) groups excluding carboxylic acids is 1. The van der Waals surface area contributed by atoms with Gasteiger partial charge >= 0.3 is 0 Å². The normalized spacial score (nSPS) is 10.4. The van der Waals surface area contributed by atoms with Gasteiger partial charge in [0.1, 0.15) is 4.88 Å². The zero-order chi connectivity index (χ0) is 12.4. The average molecular weight is 246 g/mol. The molecule has 0 radical (unpaired) electrons. The van der Waals surface area contributed by atoms with Gasteiger partial charge in [-0.2, -0.15) is 0 Å². The molecule has 1 heterocycles. The molecule has 88 valence electrons. The summed E-state index contributed by atoms with van der Waals surface area (Å²) in [6.07, 6.45) is 1.64. The Balaban J connectivity index is 2.44. The molecule has 17 heavy (non-hydrogen) atoms. The van der Waals surface area contributed by atoms with Crippen LogP contribution in [0.25, 0.3) is 10.1 Å². The minimum absolute atomic E-state index is 0.138. The molecule has 0 fully saturated rings. The van der Waals surface area contributed by atoms with E-state index in [2.05, 4.69) is 11.9 Å². The van der Waals surface area contributed by atoms with Crippen molar-refractivity contribution in [3.05, 3.63) is 41.3 Å². The van der Waals surface area contributed by atoms with Crippen molar-refractivity contribution in [2.24, 2.45) is 0 Å². The number of amides is 1. The maximum atomic E-state index is 11.9. The van der Waals surface area contributed by atoms with Gasteiger partial charge in [0.25, 0.3) is 5.91 Å². The molecule has 0 aliphatic carbocycles. The van der Waals surface area contributed by atoms with Crippen LogP contribution in [0.3, 0.4) is 0 Å². The van der Waals surface area contributed by atoms with E-state index in [-0.39, 0.29) is 5.91 Å². The Morgan fingerprint density at radius 3 is 3.06 bits per heavy atom. The number of carbonyl (C=O) groups is 1. The second-order valence-corrected chi connectivity index (χ2v) is 4.90. The number of nitrogens with one attached hydrogen (secondary N) is 1. The molecule has 3 N–H and O–H groups in total. The van der Waals surface area contributed by atoms with Crippen molar-refractivity contribution < 1.29 is 4.79 Å². The van der Waals surface area contributed by atoms with Crippen LogP contribution in [-0.4, -0.2) is 12.5 Å². The largest absolute Gasteiger partial charge is 0.397 e. The van der Waals surface area contributed by atoms with Crippen LogP contribution in [0, 0.1) is 6.92 Å². The zero-order valence-corrected chi connectivity index (χ0v) is 10.4. The highest BCUT2D eigenvalue weighted by molar-refractivity contribution is 7.21. The molecule has 0 spiro atoms. The van der Waals surface area contributed by atoms with Gasteiger partial charge in [-0.25, -0.2) is 0 Å². The summed E-state index contributed by atoms with van der Waals surface area (Å²) in [5, 5.41) is 3.69. The first-order valence-corrected chi connectivity index (χ1v) is 6.13. The molecule has 0 atom stereocenters. The van der Waals surface area contributed by atoms with Crippen molar-refractivity contribution in [1.82, 2.24) is 5.32 Å². The van der Waals surface area contributed by atoms with E-state index in [1.807, 2.05) is 25.1 Å². The molecule has 0 bridgehead atoms. The minimum Gasteiger partial charge on any atom is -0.397 e. The van der Waals surface area contributed by atoms with Crippen molar-refractivity contribution in [1.29, 1.82) is 0 Å². The Morgan fingerprint density at radius 2 is 2.35 bits per heavy atom. The molecule has 4 heteroatoms. The van der Waals surface area contributed by atoms with Gasteiger partial charge in [0, 0.05) is 16.6 Å². The summed E-state index contributed by atoms with van der Waals surface area (Å²) in [7, 11) is 0. The van der Waals surface area contributed by atoms with Gasteiger partial charge in [0.15, 0.2) is 0 Å². The van der Waals surface area contributed by atoms with Gasteiger partial charge in [-0.1, -0.05) is 18.2 Å². The predicted molar refractivity (Wildman–Crippen MR) is 73.5 cm³/mol. The molecular formula is C13H14N2OS. The van der Waals surface area contributed by atoms with E-state index in [0.29, 0.717) is 17.1 Å². The van der Waals surface area contributed by atoms with E-state index < -0.39 is 0 Å². The standard InChI is InChI=1S/C13H14N2OS/c1-3-6-15-13(16)12-11(14)9-5-4-8(2)7-10(9)17-12/h3-5,7H,1,6,14H2,2H3,(H,15,16). The van der Waals surface area contributed by atoms with E-state index in [9.17, 15) is 4.79 Å². The van der Waals surface area contributed by atoms with E-state index in [1.54, 1.807) is 6.08 Å². The summed E-state index contributed by atoms with van der Waals surface area (Å²) in [6, 6.07) is 6.00. The fourth-order valence-electron chi connectivity index (χ4n) is 1.64. The quantitative estimate of drug-likeness (QED) is 0.818. The molecule has 3 nitrogen and oxygen atoms in total. The number of hydrogen-bond acceptors (Lipinski definition) is 3. The number of anilines is 1. The lowest BCUT2D eigenvalue weighted by Gasteiger charge is -2.00. The zero-order valence-electron chi connectivity index (χ0n) is 9.62. The summed E-state index contributed by atoms with van der Waals surface area (Å²) in [4.78, 5) is 12.4. The molecule has 1 amide bonds.